The van der Waals surface area contributed by atoms with Crippen molar-refractivity contribution in [1.29, 1.82) is 0 Å². The third kappa shape index (κ3) is 3.20. The Balaban J connectivity index is 1.91. The van der Waals surface area contributed by atoms with Crippen LogP contribution in [0.15, 0.2) is 0 Å². The summed E-state index contributed by atoms with van der Waals surface area (Å²) in [5.74, 6) is 0. The molecule has 2 heterocycles. The topological polar surface area (TPSA) is 58.8 Å². The lowest BCUT2D eigenvalue weighted by atomic mass is 9.75. The van der Waals surface area contributed by atoms with Gasteiger partial charge < -0.3 is 20.3 Å². The number of amides is 1. The Morgan fingerprint density at radius 1 is 1.32 bits per heavy atom. The van der Waals surface area contributed by atoms with E-state index < -0.39 is 5.60 Å². The van der Waals surface area contributed by atoms with Crippen LogP contribution in [0.25, 0.3) is 0 Å². The third-order valence-electron chi connectivity index (χ3n) is 4.29. The Morgan fingerprint density at radius 3 is 2.32 bits per heavy atom. The van der Waals surface area contributed by atoms with Crippen LogP contribution in [0.1, 0.15) is 33.6 Å². The Hall–Kier alpha value is -0.810. The van der Waals surface area contributed by atoms with Gasteiger partial charge in [-0.3, -0.25) is 0 Å². The van der Waals surface area contributed by atoms with E-state index >= 15 is 0 Å². The molecule has 0 aromatic heterocycles. The molecule has 19 heavy (non-hydrogen) atoms. The molecule has 2 aliphatic rings. The van der Waals surface area contributed by atoms with Gasteiger partial charge in [0, 0.05) is 37.6 Å². The largest absolute Gasteiger partial charge is 0.444 e. The highest BCUT2D eigenvalue weighted by atomic mass is 16.6. The van der Waals surface area contributed by atoms with Crippen LogP contribution >= 0.6 is 0 Å². The average Bonchev–Trinajstić information content (AvgIpc) is 2.52. The molecule has 2 fully saturated rings. The van der Waals surface area contributed by atoms with Crippen molar-refractivity contribution in [3.05, 3.63) is 0 Å². The molecule has 2 N–H and O–H groups in total. The second-order valence-electron chi connectivity index (χ2n) is 7.13. The number of carbonyl (C=O) groups excluding carboxylic acids is 1. The third-order valence-corrected chi connectivity index (χ3v) is 4.29. The molecule has 1 spiro atoms. The second kappa shape index (κ2) is 4.94. The molecular weight excluding hydrogens is 242 g/mol. The lowest BCUT2D eigenvalue weighted by Gasteiger charge is -2.41. The molecule has 0 bridgehead atoms. The minimum absolute atomic E-state index is 0.192. The molecule has 5 nitrogen and oxygen atoms in total. The quantitative estimate of drug-likeness (QED) is 0.719. The van der Waals surface area contributed by atoms with Crippen LogP contribution in [-0.2, 0) is 4.74 Å². The van der Waals surface area contributed by atoms with Gasteiger partial charge in [-0.05, 0) is 40.7 Å². The van der Waals surface area contributed by atoms with Crippen LogP contribution in [0.4, 0.5) is 4.79 Å². The summed E-state index contributed by atoms with van der Waals surface area (Å²) in [5, 5.41) is 0. The number of hydrogen-bond acceptors (Lipinski definition) is 4. The molecule has 2 rings (SSSR count). The zero-order chi connectivity index (χ0) is 14.3. The molecule has 1 unspecified atom stereocenters. The van der Waals surface area contributed by atoms with E-state index in [0.717, 1.165) is 39.0 Å². The highest BCUT2D eigenvalue weighted by Gasteiger charge is 2.46. The van der Waals surface area contributed by atoms with E-state index in [9.17, 15) is 4.79 Å². The highest BCUT2D eigenvalue weighted by Crippen LogP contribution is 2.39. The average molecular weight is 269 g/mol. The summed E-state index contributed by atoms with van der Waals surface area (Å²) in [6, 6.07) is 0.235. The first-order valence-corrected chi connectivity index (χ1v) is 7.14. The van der Waals surface area contributed by atoms with Gasteiger partial charge in [-0.1, -0.05) is 0 Å². The summed E-state index contributed by atoms with van der Waals surface area (Å²) >= 11 is 0. The second-order valence-corrected chi connectivity index (χ2v) is 7.13. The van der Waals surface area contributed by atoms with Crippen molar-refractivity contribution >= 4 is 6.09 Å². The van der Waals surface area contributed by atoms with Crippen LogP contribution in [0.2, 0.25) is 0 Å². The maximum Gasteiger partial charge on any atom is 0.410 e. The summed E-state index contributed by atoms with van der Waals surface area (Å²) in [7, 11) is 2.12. The molecular formula is C14H27N3O2. The fourth-order valence-corrected chi connectivity index (χ4v) is 3.24. The molecule has 0 radical (unpaired) electrons. The van der Waals surface area contributed by atoms with Gasteiger partial charge in [0.2, 0.25) is 0 Å². The first kappa shape index (κ1) is 14.6. The predicted molar refractivity (Wildman–Crippen MR) is 74.9 cm³/mol. The number of likely N-dealkylation sites (tertiary alicyclic amines) is 2. The summed E-state index contributed by atoms with van der Waals surface area (Å²) in [6.07, 6.45) is 1.78. The van der Waals surface area contributed by atoms with E-state index in [1.807, 2.05) is 25.7 Å². The van der Waals surface area contributed by atoms with Crippen molar-refractivity contribution in [2.45, 2.75) is 45.3 Å². The first-order chi connectivity index (χ1) is 8.72. The molecule has 2 saturated heterocycles. The number of rotatable bonds is 0. The van der Waals surface area contributed by atoms with E-state index in [-0.39, 0.29) is 17.6 Å². The van der Waals surface area contributed by atoms with Gasteiger partial charge in [-0.15, -0.1) is 0 Å². The Labute approximate surface area is 116 Å². The minimum Gasteiger partial charge on any atom is -0.444 e. The van der Waals surface area contributed by atoms with Gasteiger partial charge in [0.05, 0.1) is 0 Å². The summed E-state index contributed by atoms with van der Waals surface area (Å²) in [5.41, 5.74) is 6.06. The van der Waals surface area contributed by atoms with E-state index in [1.165, 1.54) is 0 Å². The van der Waals surface area contributed by atoms with Gasteiger partial charge in [-0.2, -0.15) is 0 Å². The summed E-state index contributed by atoms with van der Waals surface area (Å²) < 4.78 is 5.42. The van der Waals surface area contributed by atoms with Gasteiger partial charge >= 0.3 is 6.09 Å². The molecule has 0 saturated carbocycles. The van der Waals surface area contributed by atoms with Crippen LogP contribution in [-0.4, -0.2) is 60.8 Å². The molecule has 0 aromatic carbocycles. The van der Waals surface area contributed by atoms with Gasteiger partial charge in [0.15, 0.2) is 0 Å². The molecule has 1 atom stereocenters. The smallest absolute Gasteiger partial charge is 0.410 e. The van der Waals surface area contributed by atoms with Gasteiger partial charge in [0.25, 0.3) is 0 Å². The molecule has 0 aliphatic carbocycles. The Morgan fingerprint density at radius 2 is 1.89 bits per heavy atom. The number of ether oxygens (including phenoxy) is 1. The highest BCUT2D eigenvalue weighted by molar-refractivity contribution is 5.68. The standard InChI is InChI=1S/C14H27N3O2/c1-13(2,3)19-12(18)17-7-5-14(6-8-17)10-16(4)9-11(14)15/h11H,5-10,15H2,1-4H3. The van der Waals surface area contributed by atoms with Crippen LogP contribution in [0.5, 0.6) is 0 Å². The number of nitrogens with zero attached hydrogens (tertiary/aromatic N) is 2. The Kier molecular flexibility index (Phi) is 3.80. The van der Waals surface area contributed by atoms with Crippen LogP contribution < -0.4 is 5.73 Å². The Bertz CT molecular complexity index is 343. The van der Waals surface area contributed by atoms with Crippen LogP contribution in [0, 0.1) is 5.41 Å². The zero-order valence-corrected chi connectivity index (χ0v) is 12.6. The molecule has 0 aromatic rings. The minimum atomic E-state index is -0.420. The fraction of sp³-hybridized carbons (Fsp3) is 0.929. The van der Waals surface area contributed by atoms with E-state index in [2.05, 4.69) is 11.9 Å². The van der Waals surface area contributed by atoms with Crippen molar-refractivity contribution in [3.8, 4) is 0 Å². The molecule has 2 aliphatic heterocycles. The number of piperidine rings is 1. The van der Waals surface area contributed by atoms with E-state index in [0.29, 0.717) is 0 Å². The van der Waals surface area contributed by atoms with Gasteiger partial charge in [-0.25, -0.2) is 4.79 Å². The summed E-state index contributed by atoms with van der Waals surface area (Å²) in [6.45, 7) is 9.24. The van der Waals surface area contributed by atoms with E-state index in [1.54, 1.807) is 0 Å². The first-order valence-electron chi connectivity index (χ1n) is 7.14. The van der Waals surface area contributed by atoms with Crippen molar-refractivity contribution in [2.24, 2.45) is 11.1 Å². The van der Waals surface area contributed by atoms with Crippen molar-refractivity contribution in [1.82, 2.24) is 9.80 Å². The van der Waals surface area contributed by atoms with Crippen molar-refractivity contribution in [2.75, 3.05) is 33.2 Å². The normalized spacial score (nSPS) is 27.8. The van der Waals surface area contributed by atoms with E-state index in [4.69, 9.17) is 10.5 Å². The molecule has 5 heteroatoms. The molecule has 110 valence electrons. The summed E-state index contributed by atoms with van der Waals surface area (Å²) in [4.78, 5) is 16.1. The predicted octanol–water partition coefficient (Wildman–Crippen LogP) is 1.28. The fourth-order valence-electron chi connectivity index (χ4n) is 3.24. The van der Waals surface area contributed by atoms with Crippen molar-refractivity contribution in [3.63, 3.8) is 0 Å². The lowest BCUT2D eigenvalue weighted by molar-refractivity contribution is 0.00973. The number of hydrogen-bond donors (Lipinski definition) is 1. The molecule has 1 amide bonds. The number of carbonyl (C=O) groups is 1. The van der Waals surface area contributed by atoms with Gasteiger partial charge in [0.1, 0.15) is 5.60 Å². The lowest BCUT2D eigenvalue weighted by Crippen LogP contribution is -2.51. The maximum atomic E-state index is 12.0. The maximum absolute atomic E-state index is 12.0. The number of likely N-dealkylation sites (N-methyl/N-ethyl adjacent to an activating group) is 1. The van der Waals surface area contributed by atoms with Crippen molar-refractivity contribution < 1.29 is 9.53 Å². The van der Waals surface area contributed by atoms with Crippen LogP contribution in [0.3, 0.4) is 0 Å². The zero-order valence-electron chi connectivity index (χ0n) is 12.6. The number of nitrogens with two attached hydrogens (primary N) is 1. The monoisotopic (exact) mass is 269 g/mol. The SMILES string of the molecule is CN1CC(N)C2(CCN(C(=O)OC(C)(C)C)CC2)C1.